The molecule has 2 aromatic rings. The number of phenolic OH excluding ortho intramolecular Hbond substituents is 2. The number of rotatable bonds is 5. The Morgan fingerprint density at radius 2 is 1.07 bits per heavy atom. The van der Waals surface area contributed by atoms with Crippen LogP contribution in [0.15, 0.2) is 24.3 Å². The summed E-state index contributed by atoms with van der Waals surface area (Å²) in [5, 5.41) is 22.4. The van der Waals surface area contributed by atoms with Crippen molar-refractivity contribution in [2.24, 2.45) is 0 Å². The minimum Gasteiger partial charge on any atom is -0.507 e. The van der Waals surface area contributed by atoms with Gasteiger partial charge in [0.25, 0.3) is 0 Å². The van der Waals surface area contributed by atoms with E-state index in [1.807, 2.05) is 24.3 Å². The van der Waals surface area contributed by atoms with Crippen LogP contribution in [0.1, 0.15) is 83.1 Å². The van der Waals surface area contributed by atoms with Gasteiger partial charge < -0.3 is 19.7 Å². The topological polar surface area (TPSA) is 58.9 Å². The number of benzene rings is 2. The molecule has 0 saturated heterocycles. The van der Waals surface area contributed by atoms with Gasteiger partial charge in [-0.05, 0) is 41.5 Å². The van der Waals surface area contributed by atoms with Gasteiger partial charge in [0.2, 0.25) is 0 Å². The molecule has 29 heavy (non-hydrogen) atoms. The fourth-order valence-corrected chi connectivity index (χ4v) is 3.78. The highest BCUT2D eigenvalue weighted by atomic mass is 16.5. The van der Waals surface area contributed by atoms with Gasteiger partial charge in [-0.2, -0.15) is 0 Å². The van der Waals surface area contributed by atoms with E-state index < -0.39 is 0 Å². The lowest BCUT2D eigenvalue weighted by molar-refractivity contribution is 0.396. The molecular weight excluding hydrogens is 364 g/mol. The Labute approximate surface area is 175 Å². The van der Waals surface area contributed by atoms with Gasteiger partial charge >= 0.3 is 0 Å². The number of phenols is 2. The van der Waals surface area contributed by atoms with E-state index in [4.69, 9.17) is 9.47 Å². The van der Waals surface area contributed by atoms with E-state index in [9.17, 15) is 10.2 Å². The van der Waals surface area contributed by atoms with Gasteiger partial charge in [0, 0.05) is 28.2 Å². The summed E-state index contributed by atoms with van der Waals surface area (Å²) in [7, 11) is 3.26. The van der Waals surface area contributed by atoms with E-state index in [1.165, 1.54) is 0 Å². The quantitative estimate of drug-likeness (QED) is 0.622. The van der Waals surface area contributed by atoms with Crippen LogP contribution < -0.4 is 9.47 Å². The maximum absolute atomic E-state index is 11.2. The van der Waals surface area contributed by atoms with Crippen molar-refractivity contribution >= 4 is 0 Å². The highest BCUT2D eigenvalue weighted by molar-refractivity contribution is 5.58. The van der Waals surface area contributed by atoms with Crippen molar-refractivity contribution in [1.82, 2.24) is 0 Å². The molecule has 0 aliphatic heterocycles. The molecule has 0 aromatic heterocycles. The summed E-state index contributed by atoms with van der Waals surface area (Å²) in [5.74, 6) is 1.69. The molecule has 0 bridgehead atoms. The number of hydrogen-bond donors (Lipinski definition) is 2. The minimum atomic E-state index is -0.251. The lowest BCUT2D eigenvalue weighted by atomic mass is 9.78. The van der Waals surface area contributed by atoms with Crippen molar-refractivity contribution in [2.75, 3.05) is 14.2 Å². The van der Waals surface area contributed by atoms with Gasteiger partial charge in [-0.1, -0.05) is 48.5 Å². The Morgan fingerprint density at radius 3 is 1.31 bits per heavy atom. The summed E-state index contributed by atoms with van der Waals surface area (Å²) in [4.78, 5) is 0. The first-order valence-electron chi connectivity index (χ1n) is 10.2. The fourth-order valence-electron chi connectivity index (χ4n) is 3.78. The number of methoxy groups -OCH3 is 2. The summed E-state index contributed by atoms with van der Waals surface area (Å²) in [6.45, 7) is 14.4. The Bertz CT molecular complexity index is 798. The molecule has 0 heterocycles. The lowest BCUT2D eigenvalue weighted by Gasteiger charge is -2.28. The molecule has 4 nitrogen and oxygen atoms in total. The number of aromatic hydroxyl groups is 2. The van der Waals surface area contributed by atoms with Crippen molar-refractivity contribution in [2.45, 2.75) is 71.6 Å². The molecule has 0 aliphatic rings. The summed E-state index contributed by atoms with van der Waals surface area (Å²) in [5.41, 5.74) is 2.64. The Hall–Kier alpha value is -2.36. The monoisotopic (exact) mass is 400 g/mol. The average molecular weight is 401 g/mol. The van der Waals surface area contributed by atoms with Gasteiger partial charge in [-0.25, -0.2) is 0 Å². The average Bonchev–Trinajstić information content (AvgIpc) is 2.62. The summed E-state index contributed by atoms with van der Waals surface area (Å²) in [6.07, 6.45) is 0.703. The van der Waals surface area contributed by atoms with Crippen molar-refractivity contribution in [3.8, 4) is 23.0 Å². The highest BCUT2D eigenvalue weighted by Crippen LogP contribution is 2.47. The number of hydrogen-bond acceptors (Lipinski definition) is 4. The van der Waals surface area contributed by atoms with Crippen LogP contribution >= 0.6 is 0 Å². The van der Waals surface area contributed by atoms with Crippen LogP contribution in [0.5, 0.6) is 23.0 Å². The van der Waals surface area contributed by atoms with Gasteiger partial charge in [-0.15, -0.1) is 0 Å². The SMILES string of the molecule is CCC(c1cc(OC)cc(C(C)(C)C)c1O)c1cc(OC)cc(C(C)(C)C)c1O. The molecule has 0 aliphatic carbocycles. The highest BCUT2D eigenvalue weighted by Gasteiger charge is 2.29. The van der Waals surface area contributed by atoms with E-state index in [-0.39, 0.29) is 28.2 Å². The maximum Gasteiger partial charge on any atom is 0.123 e. The number of ether oxygens (including phenoxy) is 2. The molecule has 2 N–H and O–H groups in total. The van der Waals surface area contributed by atoms with Gasteiger partial charge in [0.05, 0.1) is 14.2 Å². The van der Waals surface area contributed by atoms with Crippen LogP contribution in [0.4, 0.5) is 0 Å². The summed E-state index contributed by atoms with van der Waals surface area (Å²) < 4.78 is 11.1. The van der Waals surface area contributed by atoms with Crippen LogP contribution in [0.3, 0.4) is 0 Å². The third-order valence-corrected chi connectivity index (χ3v) is 5.47. The summed E-state index contributed by atoms with van der Waals surface area (Å²) >= 11 is 0. The zero-order chi connectivity index (χ0) is 22.1. The smallest absolute Gasteiger partial charge is 0.123 e. The van der Waals surface area contributed by atoms with Gasteiger partial charge in [0.1, 0.15) is 23.0 Å². The first-order chi connectivity index (χ1) is 13.3. The molecule has 0 atom stereocenters. The standard InChI is InChI=1S/C25H36O4/c1-10-17(18-11-15(28-8)13-20(22(18)26)24(2,3)4)19-12-16(29-9)14-21(23(19)27)25(5,6)7/h11-14,17,26-27H,10H2,1-9H3. The van der Waals surface area contributed by atoms with Gasteiger partial charge in [0.15, 0.2) is 0 Å². The third kappa shape index (κ3) is 4.63. The molecule has 0 amide bonds. The van der Waals surface area contributed by atoms with Gasteiger partial charge in [-0.3, -0.25) is 0 Å². The molecule has 0 radical (unpaired) electrons. The fraction of sp³-hybridized carbons (Fsp3) is 0.520. The van der Waals surface area contributed by atoms with Crippen molar-refractivity contribution in [3.05, 3.63) is 46.5 Å². The second-order valence-corrected chi connectivity index (χ2v) is 9.69. The normalized spacial score (nSPS) is 12.3. The predicted octanol–water partition coefficient (Wildman–Crippen LogP) is 6.25. The van der Waals surface area contributed by atoms with E-state index in [0.717, 1.165) is 22.3 Å². The zero-order valence-electron chi connectivity index (χ0n) is 19.3. The minimum absolute atomic E-state index is 0.206. The maximum atomic E-state index is 11.2. The molecule has 0 fully saturated rings. The van der Waals surface area contributed by atoms with Crippen LogP contribution in [0, 0.1) is 0 Å². The molecular formula is C25H36O4. The largest absolute Gasteiger partial charge is 0.507 e. The van der Waals surface area contributed by atoms with E-state index in [1.54, 1.807) is 14.2 Å². The Kier molecular flexibility index (Phi) is 6.46. The van der Waals surface area contributed by atoms with Crippen molar-refractivity contribution in [1.29, 1.82) is 0 Å². The first-order valence-corrected chi connectivity index (χ1v) is 10.2. The van der Waals surface area contributed by atoms with Crippen molar-refractivity contribution in [3.63, 3.8) is 0 Å². The molecule has 0 unspecified atom stereocenters. The van der Waals surface area contributed by atoms with Crippen LogP contribution in [0.25, 0.3) is 0 Å². The molecule has 0 saturated carbocycles. The van der Waals surface area contributed by atoms with E-state index in [0.29, 0.717) is 17.9 Å². The van der Waals surface area contributed by atoms with E-state index in [2.05, 4.69) is 48.5 Å². The van der Waals surface area contributed by atoms with E-state index >= 15 is 0 Å². The molecule has 4 heteroatoms. The van der Waals surface area contributed by atoms with Crippen LogP contribution in [-0.4, -0.2) is 24.4 Å². The first kappa shape index (κ1) is 22.9. The third-order valence-electron chi connectivity index (χ3n) is 5.47. The van der Waals surface area contributed by atoms with Crippen molar-refractivity contribution < 1.29 is 19.7 Å². The molecule has 2 rings (SSSR count). The van der Waals surface area contributed by atoms with Crippen LogP contribution in [0.2, 0.25) is 0 Å². The Morgan fingerprint density at radius 1 is 0.724 bits per heavy atom. The second-order valence-electron chi connectivity index (χ2n) is 9.69. The van der Waals surface area contributed by atoms with Crippen LogP contribution in [-0.2, 0) is 10.8 Å². The molecule has 2 aromatic carbocycles. The molecule has 0 spiro atoms. The molecule has 160 valence electrons. The summed E-state index contributed by atoms with van der Waals surface area (Å²) in [6, 6.07) is 7.51. The lowest BCUT2D eigenvalue weighted by Crippen LogP contribution is -2.15. The zero-order valence-corrected chi connectivity index (χ0v) is 19.3. The second kappa shape index (κ2) is 8.17. The predicted molar refractivity (Wildman–Crippen MR) is 119 cm³/mol. The Balaban J connectivity index is 2.82.